The maximum Gasteiger partial charge on any atom is 0.335 e. The van der Waals surface area contributed by atoms with E-state index in [1.807, 2.05) is 25.1 Å². The summed E-state index contributed by atoms with van der Waals surface area (Å²) in [6.07, 6.45) is 2.06. The summed E-state index contributed by atoms with van der Waals surface area (Å²) in [7, 11) is 1.52. The van der Waals surface area contributed by atoms with Crippen LogP contribution in [0.15, 0.2) is 64.6 Å². The lowest BCUT2D eigenvalue weighted by molar-refractivity contribution is -0.122. The molecule has 1 fully saturated rings. The minimum Gasteiger partial charge on any atom is -0.493 e. The molecule has 0 aliphatic carbocycles. The monoisotopic (exact) mass is 562 g/mol. The number of carbonyl (C=O) groups is 3. The van der Waals surface area contributed by atoms with Crippen molar-refractivity contribution in [2.24, 2.45) is 0 Å². The summed E-state index contributed by atoms with van der Waals surface area (Å²) in [5.74, 6) is -0.529. The van der Waals surface area contributed by atoms with Gasteiger partial charge >= 0.3 is 6.03 Å². The Labute approximate surface area is 224 Å². The van der Waals surface area contributed by atoms with E-state index in [4.69, 9.17) is 9.47 Å². The molecule has 0 unspecified atom stereocenters. The van der Waals surface area contributed by atoms with E-state index >= 15 is 0 Å². The zero-order valence-corrected chi connectivity index (χ0v) is 22.6. The summed E-state index contributed by atoms with van der Waals surface area (Å²) in [6.45, 7) is 6.38. The van der Waals surface area contributed by atoms with Crippen LogP contribution in [-0.4, -0.2) is 25.0 Å². The highest BCUT2D eigenvalue weighted by atomic mass is 79.9. The summed E-state index contributed by atoms with van der Waals surface area (Å²) >= 11 is 3.53. The van der Waals surface area contributed by atoms with Gasteiger partial charge in [0.15, 0.2) is 11.5 Å². The fourth-order valence-corrected chi connectivity index (χ4v) is 4.66. The van der Waals surface area contributed by atoms with Gasteiger partial charge in [-0.25, -0.2) is 9.69 Å². The molecule has 1 heterocycles. The van der Waals surface area contributed by atoms with Crippen LogP contribution in [0.4, 0.5) is 10.5 Å². The Hall–Kier alpha value is -3.91. The Morgan fingerprint density at radius 2 is 1.76 bits per heavy atom. The van der Waals surface area contributed by atoms with Gasteiger partial charge in [0.05, 0.1) is 17.3 Å². The van der Waals surface area contributed by atoms with Crippen LogP contribution in [0.25, 0.3) is 6.08 Å². The van der Waals surface area contributed by atoms with Crippen LogP contribution in [0.2, 0.25) is 0 Å². The van der Waals surface area contributed by atoms with E-state index < -0.39 is 17.8 Å². The lowest BCUT2D eigenvalue weighted by Gasteiger charge is -2.28. The van der Waals surface area contributed by atoms with E-state index in [0.717, 1.165) is 16.0 Å². The van der Waals surface area contributed by atoms with Gasteiger partial charge in [-0.15, -0.1) is 0 Å². The summed E-state index contributed by atoms with van der Waals surface area (Å²) < 4.78 is 12.2. The second kappa shape index (κ2) is 11.0. The number of rotatable bonds is 7. The Morgan fingerprint density at radius 1 is 1.00 bits per heavy atom. The highest BCUT2D eigenvalue weighted by molar-refractivity contribution is 9.10. The number of methoxy groups -OCH3 is 1. The van der Waals surface area contributed by atoms with Gasteiger partial charge < -0.3 is 9.47 Å². The standard InChI is InChI=1S/C29H27BrN2O5/c1-5-21-8-6-7-9-24(21)32-28(34)22(27(33)31-29(32)35)13-20-14-23(30)26(25(15-20)36-4)37-16-19-11-10-17(2)18(3)12-19/h6-15H,5,16H2,1-4H3,(H,31,33,35)/b22-13-. The molecule has 0 spiro atoms. The van der Waals surface area contributed by atoms with Crippen LogP contribution in [0.1, 0.15) is 34.7 Å². The zero-order chi connectivity index (χ0) is 26.7. The van der Waals surface area contributed by atoms with Crippen molar-refractivity contribution in [1.29, 1.82) is 0 Å². The minimum atomic E-state index is -0.776. The van der Waals surface area contributed by atoms with Crippen molar-refractivity contribution in [1.82, 2.24) is 5.32 Å². The zero-order valence-electron chi connectivity index (χ0n) is 21.1. The number of imide groups is 2. The molecular formula is C29H27BrN2O5. The summed E-state index contributed by atoms with van der Waals surface area (Å²) in [6, 6.07) is 15.9. The fourth-order valence-electron chi connectivity index (χ4n) is 4.08. The highest BCUT2D eigenvalue weighted by Gasteiger charge is 2.37. The number of benzene rings is 3. The third kappa shape index (κ3) is 5.44. The van der Waals surface area contributed by atoms with Crippen molar-refractivity contribution >= 4 is 45.5 Å². The van der Waals surface area contributed by atoms with Gasteiger partial charge in [0.25, 0.3) is 11.8 Å². The Bertz CT molecular complexity index is 1430. The van der Waals surface area contributed by atoms with Gasteiger partial charge in [-0.3, -0.25) is 14.9 Å². The molecule has 0 saturated carbocycles. The van der Waals surface area contributed by atoms with Gasteiger partial charge in [-0.05, 0) is 88.3 Å². The Balaban J connectivity index is 1.65. The topological polar surface area (TPSA) is 84.9 Å². The Morgan fingerprint density at radius 3 is 2.46 bits per heavy atom. The number of halogens is 1. The maximum atomic E-state index is 13.3. The lowest BCUT2D eigenvalue weighted by atomic mass is 10.0. The number of hydrogen-bond acceptors (Lipinski definition) is 5. The van der Waals surface area contributed by atoms with E-state index in [0.29, 0.717) is 40.3 Å². The molecule has 3 aromatic rings. The first-order chi connectivity index (χ1) is 17.7. The van der Waals surface area contributed by atoms with E-state index in [1.165, 1.54) is 24.3 Å². The largest absolute Gasteiger partial charge is 0.493 e. The molecule has 4 amide bonds. The Kier molecular flexibility index (Phi) is 7.78. The fraction of sp³-hybridized carbons (Fsp3) is 0.207. The number of para-hydroxylation sites is 1. The number of anilines is 1. The lowest BCUT2D eigenvalue weighted by Crippen LogP contribution is -2.54. The van der Waals surface area contributed by atoms with E-state index in [1.54, 1.807) is 24.3 Å². The minimum absolute atomic E-state index is 0.164. The average Bonchev–Trinajstić information content (AvgIpc) is 2.87. The third-order valence-corrected chi connectivity index (χ3v) is 6.82. The van der Waals surface area contributed by atoms with Crippen molar-refractivity contribution in [3.63, 3.8) is 0 Å². The predicted octanol–water partition coefficient (Wildman–Crippen LogP) is 5.88. The molecule has 1 saturated heterocycles. The number of nitrogens with zero attached hydrogens (tertiary/aromatic N) is 1. The van der Waals surface area contributed by atoms with Crippen molar-refractivity contribution in [2.75, 3.05) is 12.0 Å². The number of nitrogens with one attached hydrogen (secondary N) is 1. The molecule has 0 aromatic heterocycles. The van der Waals surface area contributed by atoms with Crippen molar-refractivity contribution < 1.29 is 23.9 Å². The van der Waals surface area contributed by atoms with Crippen molar-refractivity contribution in [2.45, 2.75) is 33.8 Å². The molecule has 4 rings (SSSR count). The highest BCUT2D eigenvalue weighted by Crippen LogP contribution is 2.38. The molecule has 1 aliphatic rings. The van der Waals surface area contributed by atoms with Gasteiger partial charge in [0.2, 0.25) is 0 Å². The van der Waals surface area contributed by atoms with E-state index in [-0.39, 0.29) is 5.57 Å². The number of ether oxygens (including phenoxy) is 2. The number of amides is 4. The van der Waals surface area contributed by atoms with Crippen LogP contribution < -0.4 is 19.7 Å². The molecule has 3 aromatic carbocycles. The smallest absolute Gasteiger partial charge is 0.335 e. The molecule has 37 heavy (non-hydrogen) atoms. The second-order valence-electron chi connectivity index (χ2n) is 8.68. The number of urea groups is 1. The quantitative estimate of drug-likeness (QED) is 0.287. The van der Waals surface area contributed by atoms with Crippen LogP contribution >= 0.6 is 15.9 Å². The molecule has 0 radical (unpaired) electrons. The second-order valence-corrected chi connectivity index (χ2v) is 9.54. The predicted molar refractivity (Wildman–Crippen MR) is 146 cm³/mol. The van der Waals surface area contributed by atoms with Crippen LogP contribution in [-0.2, 0) is 22.6 Å². The molecule has 190 valence electrons. The average molecular weight is 563 g/mol. The molecular weight excluding hydrogens is 536 g/mol. The van der Waals surface area contributed by atoms with Gasteiger partial charge in [0.1, 0.15) is 12.2 Å². The first-order valence-electron chi connectivity index (χ1n) is 11.8. The first-order valence-corrected chi connectivity index (χ1v) is 12.6. The molecule has 7 nitrogen and oxygen atoms in total. The van der Waals surface area contributed by atoms with Gasteiger partial charge in [0, 0.05) is 0 Å². The first kappa shape index (κ1) is 26.2. The summed E-state index contributed by atoms with van der Waals surface area (Å²) in [5, 5.41) is 2.27. The maximum absolute atomic E-state index is 13.3. The summed E-state index contributed by atoms with van der Waals surface area (Å²) in [4.78, 5) is 39.6. The molecule has 0 atom stereocenters. The van der Waals surface area contributed by atoms with E-state index in [2.05, 4.69) is 47.2 Å². The molecule has 1 N–H and O–H groups in total. The number of hydrogen-bond donors (Lipinski definition) is 1. The summed E-state index contributed by atoms with van der Waals surface area (Å²) in [5.41, 5.74) is 5.03. The van der Waals surface area contributed by atoms with Gasteiger partial charge in [-0.1, -0.05) is 43.3 Å². The van der Waals surface area contributed by atoms with Crippen molar-refractivity contribution in [3.8, 4) is 11.5 Å². The number of barbiturate groups is 1. The van der Waals surface area contributed by atoms with Gasteiger partial charge in [-0.2, -0.15) is 0 Å². The van der Waals surface area contributed by atoms with Crippen LogP contribution in [0.5, 0.6) is 11.5 Å². The molecule has 8 heteroatoms. The normalized spacial score (nSPS) is 14.7. The molecule has 1 aliphatic heterocycles. The van der Waals surface area contributed by atoms with Crippen LogP contribution in [0, 0.1) is 13.8 Å². The van der Waals surface area contributed by atoms with E-state index in [9.17, 15) is 14.4 Å². The van der Waals surface area contributed by atoms with Crippen molar-refractivity contribution in [3.05, 3.63) is 92.5 Å². The third-order valence-electron chi connectivity index (χ3n) is 6.23. The SMILES string of the molecule is CCc1ccccc1N1C(=O)NC(=O)/C(=C/c2cc(Br)c(OCc3ccc(C)c(C)c3)c(OC)c2)C1=O. The number of aryl methyl sites for hydroxylation is 3. The van der Waals surface area contributed by atoms with Crippen LogP contribution in [0.3, 0.4) is 0 Å². The number of carbonyl (C=O) groups excluding carboxylic acids is 3. The molecule has 0 bridgehead atoms.